The molecule has 66 valence electrons. The summed E-state index contributed by atoms with van der Waals surface area (Å²) in [5.41, 5.74) is 5.58. The van der Waals surface area contributed by atoms with Gasteiger partial charge in [0, 0.05) is 19.3 Å². The number of aliphatic hydroxyl groups excluding tert-OH is 1. The van der Waals surface area contributed by atoms with Crippen LogP contribution >= 0.6 is 0 Å². The van der Waals surface area contributed by atoms with Gasteiger partial charge in [-0.05, 0) is 25.7 Å². The van der Waals surface area contributed by atoms with Crippen molar-refractivity contribution in [1.82, 2.24) is 0 Å². The van der Waals surface area contributed by atoms with Gasteiger partial charge in [0.05, 0.1) is 6.10 Å². The minimum Gasteiger partial charge on any atom is -0.391 e. The summed E-state index contributed by atoms with van der Waals surface area (Å²) in [5.74, 6) is 0.351. The molecule has 0 aromatic rings. The normalized spacial score (nSPS) is 26.5. The fourth-order valence-electron chi connectivity index (χ4n) is 1.49. The Kier molecular flexibility index (Phi) is 3.30. The predicted molar refractivity (Wildman–Crippen MR) is 43.2 cm³/mol. The second-order valence-electron chi connectivity index (χ2n) is 3.30. The molecule has 0 amide bonds. The summed E-state index contributed by atoms with van der Waals surface area (Å²) in [6, 6.07) is -0.113. The van der Waals surface area contributed by atoms with E-state index in [-0.39, 0.29) is 12.1 Å². The SMILES string of the molecule is CC(N)C(O)C1CCOCC1. The summed E-state index contributed by atoms with van der Waals surface area (Å²) in [6.45, 7) is 3.39. The molecule has 1 rings (SSSR count). The average Bonchev–Trinajstić information content (AvgIpc) is 2.05. The maximum atomic E-state index is 9.57. The lowest BCUT2D eigenvalue weighted by molar-refractivity contribution is 0.000404. The summed E-state index contributed by atoms with van der Waals surface area (Å²) in [5, 5.41) is 9.57. The molecule has 0 radical (unpaired) electrons. The van der Waals surface area contributed by atoms with E-state index in [0.29, 0.717) is 5.92 Å². The van der Waals surface area contributed by atoms with E-state index in [1.807, 2.05) is 6.92 Å². The smallest absolute Gasteiger partial charge is 0.0718 e. The first kappa shape index (κ1) is 8.97. The van der Waals surface area contributed by atoms with Crippen molar-refractivity contribution in [3.05, 3.63) is 0 Å². The van der Waals surface area contributed by atoms with Gasteiger partial charge in [0.2, 0.25) is 0 Å². The van der Waals surface area contributed by atoms with Crippen LogP contribution in [0.15, 0.2) is 0 Å². The largest absolute Gasteiger partial charge is 0.391 e. The highest BCUT2D eigenvalue weighted by Gasteiger charge is 2.24. The van der Waals surface area contributed by atoms with Crippen LogP contribution in [0.2, 0.25) is 0 Å². The van der Waals surface area contributed by atoms with Crippen LogP contribution in [-0.2, 0) is 4.74 Å². The number of rotatable bonds is 2. The molecule has 2 unspecified atom stereocenters. The predicted octanol–water partition coefficient (Wildman–Crippen LogP) is 0.121. The first-order valence-corrected chi connectivity index (χ1v) is 4.23. The van der Waals surface area contributed by atoms with Crippen molar-refractivity contribution in [1.29, 1.82) is 0 Å². The third kappa shape index (κ3) is 2.43. The van der Waals surface area contributed by atoms with Crippen LogP contribution in [0.25, 0.3) is 0 Å². The summed E-state index contributed by atoms with van der Waals surface area (Å²) in [6.07, 6.45) is 1.55. The van der Waals surface area contributed by atoms with Crippen LogP contribution in [0.1, 0.15) is 19.8 Å². The molecule has 1 aliphatic heterocycles. The van der Waals surface area contributed by atoms with E-state index in [1.165, 1.54) is 0 Å². The Morgan fingerprint density at radius 3 is 2.45 bits per heavy atom. The Labute approximate surface area is 67.5 Å². The molecule has 1 aliphatic rings. The Balaban J connectivity index is 2.32. The quantitative estimate of drug-likeness (QED) is 0.601. The van der Waals surface area contributed by atoms with Crippen molar-refractivity contribution < 1.29 is 9.84 Å². The van der Waals surface area contributed by atoms with Gasteiger partial charge in [-0.3, -0.25) is 0 Å². The standard InChI is InChI=1S/C8H17NO2/c1-6(9)8(10)7-2-4-11-5-3-7/h6-8,10H,2-5,9H2,1H3. The van der Waals surface area contributed by atoms with E-state index in [0.717, 1.165) is 26.1 Å². The maximum Gasteiger partial charge on any atom is 0.0718 e. The molecule has 3 nitrogen and oxygen atoms in total. The third-order valence-corrected chi connectivity index (χ3v) is 2.29. The monoisotopic (exact) mass is 159 g/mol. The van der Waals surface area contributed by atoms with E-state index in [2.05, 4.69) is 0 Å². The van der Waals surface area contributed by atoms with Crippen molar-refractivity contribution in [2.75, 3.05) is 13.2 Å². The van der Waals surface area contributed by atoms with Gasteiger partial charge in [-0.2, -0.15) is 0 Å². The molecule has 3 N–H and O–H groups in total. The second kappa shape index (κ2) is 4.04. The lowest BCUT2D eigenvalue weighted by Crippen LogP contribution is -2.39. The molecule has 0 aliphatic carbocycles. The Bertz CT molecular complexity index is 111. The molecule has 1 saturated heterocycles. The van der Waals surface area contributed by atoms with E-state index in [4.69, 9.17) is 10.5 Å². The first-order valence-electron chi connectivity index (χ1n) is 4.23. The number of hydrogen-bond donors (Lipinski definition) is 2. The van der Waals surface area contributed by atoms with Gasteiger partial charge < -0.3 is 15.6 Å². The van der Waals surface area contributed by atoms with Crippen molar-refractivity contribution in [3.63, 3.8) is 0 Å². The number of ether oxygens (including phenoxy) is 1. The highest BCUT2D eigenvalue weighted by molar-refractivity contribution is 4.77. The van der Waals surface area contributed by atoms with Gasteiger partial charge in [0.15, 0.2) is 0 Å². The number of aliphatic hydroxyl groups is 1. The van der Waals surface area contributed by atoms with Crippen LogP contribution < -0.4 is 5.73 Å². The molecule has 1 fully saturated rings. The molecule has 0 aromatic carbocycles. The van der Waals surface area contributed by atoms with E-state index in [1.54, 1.807) is 0 Å². The third-order valence-electron chi connectivity index (χ3n) is 2.29. The zero-order chi connectivity index (χ0) is 8.27. The van der Waals surface area contributed by atoms with Crippen LogP contribution in [0.4, 0.5) is 0 Å². The van der Waals surface area contributed by atoms with Crippen molar-refractivity contribution in [3.8, 4) is 0 Å². The van der Waals surface area contributed by atoms with E-state index < -0.39 is 0 Å². The van der Waals surface area contributed by atoms with Gasteiger partial charge in [-0.25, -0.2) is 0 Å². The first-order chi connectivity index (χ1) is 5.22. The molecule has 0 saturated carbocycles. The summed E-state index contributed by atoms with van der Waals surface area (Å²) < 4.78 is 5.18. The van der Waals surface area contributed by atoms with Gasteiger partial charge in [-0.1, -0.05) is 0 Å². The fourth-order valence-corrected chi connectivity index (χ4v) is 1.49. The fraction of sp³-hybridized carbons (Fsp3) is 1.00. The van der Waals surface area contributed by atoms with Crippen LogP contribution in [0.5, 0.6) is 0 Å². The van der Waals surface area contributed by atoms with Crippen molar-refractivity contribution in [2.45, 2.75) is 31.9 Å². The highest BCUT2D eigenvalue weighted by atomic mass is 16.5. The molecule has 0 bridgehead atoms. The summed E-state index contributed by atoms with van der Waals surface area (Å²) >= 11 is 0. The highest BCUT2D eigenvalue weighted by Crippen LogP contribution is 2.19. The minimum absolute atomic E-state index is 0.113. The van der Waals surface area contributed by atoms with Crippen LogP contribution in [0, 0.1) is 5.92 Å². The zero-order valence-corrected chi connectivity index (χ0v) is 6.99. The summed E-state index contributed by atoms with van der Waals surface area (Å²) in [7, 11) is 0. The van der Waals surface area contributed by atoms with Gasteiger partial charge in [-0.15, -0.1) is 0 Å². The molecule has 0 spiro atoms. The lowest BCUT2D eigenvalue weighted by atomic mass is 9.90. The second-order valence-corrected chi connectivity index (χ2v) is 3.30. The van der Waals surface area contributed by atoms with Crippen molar-refractivity contribution in [2.24, 2.45) is 11.7 Å². The molecular weight excluding hydrogens is 142 g/mol. The number of hydrogen-bond acceptors (Lipinski definition) is 3. The number of nitrogens with two attached hydrogens (primary N) is 1. The Morgan fingerprint density at radius 1 is 1.45 bits per heavy atom. The zero-order valence-electron chi connectivity index (χ0n) is 6.99. The molecule has 11 heavy (non-hydrogen) atoms. The van der Waals surface area contributed by atoms with Crippen molar-refractivity contribution >= 4 is 0 Å². The Hall–Kier alpha value is -0.120. The maximum absolute atomic E-state index is 9.57. The molecule has 3 heteroatoms. The van der Waals surface area contributed by atoms with E-state index >= 15 is 0 Å². The lowest BCUT2D eigenvalue weighted by Gasteiger charge is -2.28. The van der Waals surface area contributed by atoms with E-state index in [9.17, 15) is 5.11 Å². The van der Waals surface area contributed by atoms with Gasteiger partial charge in [0.25, 0.3) is 0 Å². The molecule has 1 heterocycles. The molecule has 0 aromatic heterocycles. The van der Waals surface area contributed by atoms with Crippen LogP contribution in [-0.4, -0.2) is 30.5 Å². The molecule has 2 atom stereocenters. The van der Waals surface area contributed by atoms with Gasteiger partial charge >= 0.3 is 0 Å². The molecular formula is C8H17NO2. The Morgan fingerprint density at radius 2 is 2.00 bits per heavy atom. The van der Waals surface area contributed by atoms with Crippen LogP contribution in [0.3, 0.4) is 0 Å². The minimum atomic E-state index is -0.348. The summed E-state index contributed by atoms with van der Waals surface area (Å²) in [4.78, 5) is 0. The topological polar surface area (TPSA) is 55.5 Å². The average molecular weight is 159 g/mol. The van der Waals surface area contributed by atoms with Gasteiger partial charge in [0.1, 0.15) is 0 Å².